The van der Waals surface area contributed by atoms with Crippen molar-refractivity contribution in [1.82, 2.24) is 4.98 Å². The van der Waals surface area contributed by atoms with E-state index in [1.165, 1.54) is 0 Å². The van der Waals surface area contributed by atoms with E-state index in [1.807, 2.05) is 30.3 Å². The Morgan fingerprint density at radius 2 is 2.19 bits per heavy atom. The van der Waals surface area contributed by atoms with Gasteiger partial charge in [-0.1, -0.05) is 25.1 Å². The quantitative estimate of drug-likeness (QED) is 0.849. The monoisotopic (exact) mass is 281 g/mol. The molecule has 1 saturated heterocycles. The Labute approximate surface area is 125 Å². The normalized spacial score (nSPS) is 22.2. The van der Waals surface area contributed by atoms with Gasteiger partial charge in [0.25, 0.3) is 0 Å². The van der Waals surface area contributed by atoms with Gasteiger partial charge in [-0.25, -0.2) is 4.98 Å². The number of benzene rings is 1. The van der Waals surface area contributed by atoms with Crippen LogP contribution < -0.4 is 4.90 Å². The number of aromatic nitrogens is 1. The molecular weight excluding hydrogens is 262 g/mol. The van der Waals surface area contributed by atoms with Crippen LogP contribution in [0.5, 0.6) is 0 Å². The summed E-state index contributed by atoms with van der Waals surface area (Å²) in [6.07, 6.45) is 1.30. The zero-order chi connectivity index (χ0) is 14.8. The van der Waals surface area contributed by atoms with E-state index >= 15 is 0 Å². The van der Waals surface area contributed by atoms with Crippen LogP contribution in [0.4, 0.5) is 5.82 Å². The number of ether oxygens (including phenoxy) is 1. The maximum Gasteiger partial charge on any atom is 0.130 e. The number of rotatable bonds is 2. The Kier molecular flexibility index (Phi) is 3.76. The summed E-state index contributed by atoms with van der Waals surface area (Å²) in [4.78, 5) is 6.94. The van der Waals surface area contributed by atoms with Gasteiger partial charge in [0, 0.05) is 25.6 Å². The summed E-state index contributed by atoms with van der Waals surface area (Å²) in [6, 6.07) is 12.0. The van der Waals surface area contributed by atoms with Crippen molar-refractivity contribution in [2.75, 3.05) is 25.1 Å². The van der Waals surface area contributed by atoms with Crippen molar-refractivity contribution in [3.63, 3.8) is 0 Å². The number of hydrogen-bond donors (Lipinski definition) is 0. The molecule has 0 bridgehead atoms. The molecule has 0 N–H and O–H groups in total. The van der Waals surface area contributed by atoms with Gasteiger partial charge in [0.1, 0.15) is 5.82 Å². The molecule has 4 heteroatoms. The highest BCUT2D eigenvalue weighted by Gasteiger charge is 2.27. The molecule has 4 nitrogen and oxygen atoms in total. The second kappa shape index (κ2) is 5.71. The van der Waals surface area contributed by atoms with Crippen LogP contribution in [0, 0.1) is 17.2 Å². The number of hydrogen-bond acceptors (Lipinski definition) is 4. The fourth-order valence-electron chi connectivity index (χ4n) is 2.96. The first-order valence-electron chi connectivity index (χ1n) is 7.30. The molecule has 0 radical (unpaired) electrons. The topological polar surface area (TPSA) is 49.1 Å². The molecule has 2 aromatic rings. The van der Waals surface area contributed by atoms with Crippen molar-refractivity contribution in [1.29, 1.82) is 5.26 Å². The minimum absolute atomic E-state index is 0.220. The van der Waals surface area contributed by atoms with Crippen LogP contribution in [0.1, 0.15) is 18.9 Å². The fourth-order valence-corrected chi connectivity index (χ4v) is 2.96. The van der Waals surface area contributed by atoms with Crippen LogP contribution in [0.3, 0.4) is 0 Å². The lowest BCUT2D eigenvalue weighted by atomic mass is 9.95. The zero-order valence-electron chi connectivity index (χ0n) is 12.4. The number of nitrogens with zero attached hydrogens (tertiary/aromatic N) is 3. The van der Waals surface area contributed by atoms with Crippen LogP contribution in [0.15, 0.2) is 30.3 Å². The van der Waals surface area contributed by atoms with Crippen LogP contribution >= 0.6 is 0 Å². The van der Waals surface area contributed by atoms with Gasteiger partial charge in [0.15, 0.2) is 0 Å². The third-order valence-electron chi connectivity index (χ3n) is 4.34. The summed E-state index contributed by atoms with van der Waals surface area (Å²) in [5.74, 6) is 1.43. The number of anilines is 1. The number of piperidine rings is 1. The summed E-state index contributed by atoms with van der Waals surface area (Å²) in [6.45, 7) is 4.01. The minimum Gasteiger partial charge on any atom is -0.379 e. The van der Waals surface area contributed by atoms with Crippen molar-refractivity contribution >= 4 is 16.7 Å². The molecule has 0 spiro atoms. The maximum absolute atomic E-state index is 9.38. The third-order valence-corrected chi connectivity index (χ3v) is 4.34. The molecule has 1 aliphatic heterocycles. The summed E-state index contributed by atoms with van der Waals surface area (Å²) in [7, 11) is 1.76. The van der Waals surface area contributed by atoms with Gasteiger partial charge >= 0.3 is 0 Å². The molecule has 21 heavy (non-hydrogen) atoms. The van der Waals surface area contributed by atoms with Crippen LogP contribution in [-0.4, -0.2) is 31.3 Å². The highest BCUT2D eigenvalue weighted by Crippen LogP contribution is 2.27. The molecule has 108 valence electrons. The number of fused-ring (bicyclic) bond motifs is 1. The number of pyridine rings is 1. The van der Waals surface area contributed by atoms with Gasteiger partial charge < -0.3 is 9.64 Å². The third kappa shape index (κ3) is 2.57. The van der Waals surface area contributed by atoms with E-state index in [9.17, 15) is 5.26 Å². The van der Waals surface area contributed by atoms with Gasteiger partial charge in [0.05, 0.1) is 23.3 Å². The molecule has 1 fully saturated rings. The van der Waals surface area contributed by atoms with E-state index in [-0.39, 0.29) is 6.10 Å². The highest BCUT2D eigenvalue weighted by atomic mass is 16.5. The number of methoxy groups -OCH3 is 1. The van der Waals surface area contributed by atoms with E-state index in [0.717, 1.165) is 36.2 Å². The number of para-hydroxylation sites is 1. The molecule has 0 aliphatic carbocycles. The lowest BCUT2D eigenvalue weighted by Gasteiger charge is -2.37. The van der Waals surface area contributed by atoms with E-state index < -0.39 is 0 Å². The molecule has 2 atom stereocenters. The first kappa shape index (κ1) is 13.8. The smallest absolute Gasteiger partial charge is 0.130 e. The molecular formula is C17H19N3O. The average Bonchev–Trinajstić information content (AvgIpc) is 2.54. The van der Waals surface area contributed by atoms with Crippen molar-refractivity contribution in [3.05, 3.63) is 35.9 Å². The molecule has 1 aromatic carbocycles. The maximum atomic E-state index is 9.38. The van der Waals surface area contributed by atoms with Crippen molar-refractivity contribution in [3.8, 4) is 6.07 Å². The Morgan fingerprint density at radius 1 is 1.38 bits per heavy atom. The van der Waals surface area contributed by atoms with Gasteiger partial charge in [-0.05, 0) is 24.5 Å². The molecule has 2 heterocycles. The number of nitriles is 1. The van der Waals surface area contributed by atoms with E-state index in [1.54, 1.807) is 7.11 Å². The second-order valence-electron chi connectivity index (χ2n) is 5.64. The molecule has 3 rings (SSSR count). The van der Waals surface area contributed by atoms with Gasteiger partial charge in [0.2, 0.25) is 0 Å². The largest absolute Gasteiger partial charge is 0.379 e. The zero-order valence-corrected chi connectivity index (χ0v) is 12.4. The first-order valence-corrected chi connectivity index (χ1v) is 7.30. The van der Waals surface area contributed by atoms with Gasteiger partial charge in [-0.3, -0.25) is 0 Å². The van der Waals surface area contributed by atoms with Crippen LogP contribution in [0.25, 0.3) is 10.9 Å². The van der Waals surface area contributed by atoms with Gasteiger partial charge in [-0.15, -0.1) is 0 Å². The van der Waals surface area contributed by atoms with Crippen molar-refractivity contribution < 1.29 is 4.74 Å². The molecule has 1 aromatic heterocycles. The standard InChI is InChI=1S/C17H19N3O/c1-12-7-8-20(11-16(12)21-2)17-9-13(10-18)14-5-3-4-6-15(14)19-17/h3-6,9,12,16H,7-8,11H2,1-2H3. The van der Waals surface area contributed by atoms with E-state index in [2.05, 4.69) is 17.9 Å². The summed E-state index contributed by atoms with van der Waals surface area (Å²) < 4.78 is 5.56. The molecule has 1 aliphatic rings. The molecule has 0 saturated carbocycles. The van der Waals surface area contributed by atoms with E-state index in [4.69, 9.17) is 9.72 Å². The SMILES string of the molecule is COC1CN(c2cc(C#N)c3ccccc3n2)CCC1C. The lowest BCUT2D eigenvalue weighted by molar-refractivity contribution is 0.0496. The Balaban J connectivity index is 1.99. The minimum atomic E-state index is 0.220. The van der Waals surface area contributed by atoms with Crippen molar-refractivity contribution in [2.24, 2.45) is 5.92 Å². The summed E-state index contributed by atoms with van der Waals surface area (Å²) in [5, 5.41) is 10.3. The van der Waals surface area contributed by atoms with E-state index in [0.29, 0.717) is 11.5 Å². The Hall–Kier alpha value is -2.12. The molecule has 0 amide bonds. The predicted octanol–water partition coefficient (Wildman–Crippen LogP) is 2.97. The van der Waals surface area contributed by atoms with Gasteiger partial charge in [-0.2, -0.15) is 5.26 Å². The Morgan fingerprint density at radius 3 is 2.95 bits per heavy atom. The molecule has 2 unspecified atom stereocenters. The summed E-state index contributed by atoms with van der Waals surface area (Å²) >= 11 is 0. The highest BCUT2D eigenvalue weighted by molar-refractivity contribution is 5.86. The van der Waals surface area contributed by atoms with Crippen LogP contribution in [0.2, 0.25) is 0 Å². The summed E-state index contributed by atoms with van der Waals surface area (Å²) in [5.41, 5.74) is 1.56. The lowest BCUT2D eigenvalue weighted by Crippen LogP contribution is -2.44. The fraction of sp³-hybridized carbons (Fsp3) is 0.412. The van der Waals surface area contributed by atoms with Crippen molar-refractivity contribution in [2.45, 2.75) is 19.4 Å². The second-order valence-corrected chi connectivity index (χ2v) is 5.64. The van der Waals surface area contributed by atoms with Crippen LogP contribution in [-0.2, 0) is 4.74 Å². The predicted molar refractivity (Wildman–Crippen MR) is 83.2 cm³/mol. The first-order chi connectivity index (χ1) is 10.2. The Bertz CT molecular complexity index is 692. The average molecular weight is 281 g/mol.